The Kier molecular flexibility index (Phi) is 2.41. The van der Waals surface area contributed by atoms with E-state index < -0.39 is 5.91 Å². The summed E-state index contributed by atoms with van der Waals surface area (Å²) in [6, 6.07) is 6.59. The molecule has 0 aromatic heterocycles. The van der Waals surface area contributed by atoms with Crippen molar-refractivity contribution < 1.29 is 9.59 Å². The van der Waals surface area contributed by atoms with Gasteiger partial charge < -0.3 is 5.73 Å². The molecule has 0 spiro atoms. The maximum atomic E-state index is 10.8. The molecular weight excluding hydrogens is 154 g/mol. The summed E-state index contributed by atoms with van der Waals surface area (Å²) in [5, 5.41) is 0. The lowest BCUT2D eigenvalue weighted by Crippen LogP contribution is -2.12. The Hall–Kier alpha value is -1.86. The van der Waals surface area contributed by atoms with Gasteiger partial charge in [0, 0.05) is 11.6 Å². The second kappa shape index (κ2) is 3.51. The average molecular weight is 161 g/mol. The molecule has 60 valence electrons. The van der Waals surface area contributed by atoms with E-state index in [2.05, 4.69) is 0 Å². The summed E-state index contributed by atoms with van der Waals surface area (Å²) in [6.07, 6.45) is 1.18. The van der Waals surface area contributed by atoms with Crippen LogP contribution in [0.5, 0.6) is 0 Å². The van der Waals surface area contributed by atoms with Crippen molar-refractivity contribution in [2.75, 3.05) is 0 Å². The fraction of sp³-hybridized carbons (Fsp3) is 0. The Bertz CT molecular complexity index is 330. The van der Waals surface area contributed by atoms with Gasteiger partial charge in [-0.1, -0.05) is 18.2 Å². The van der Waals surface area contributed by atoms with E-state index >= 15 is 0 Å². The minimum Gasteiger partial charge on any atom is -0.366 e. The Morgan fingerprint density at radius 3 is 2.67 bits per heavy atom. The van der Waals surface area contributed by atoms with Crippen LogP contribution in [0.25, 0.3) is 6.08 Å². The molecule has 0 radical (unpaired) electrons. The highest BCUT2D eigenvalue weighted by Gasteiger charge is 2.03. The molecule has 0 unspecified atom stereocenters. The predicted molar refractivity (Wildman–Crippen MR) is 45.1 cm³/mol. The zero-order valence-corrected chi connectivity index (χ0v) is 6.28. The van der Waals surface area contributed by atoms with Crippen molar-refractivity contribution in [2.24, 2.45) is 5.73 Å². The van der Waals surface area contributed by atoms with Gasteiger partial charge in [0.25, 0.3) is 0 Å². The third-order valence-electron chi connectivity index (χ3n) is 1.44. The number of rotatable bonds is 2. The Morgan fingerprint density at radius 1 is 1.42 bits per heavy atom. The minimum absolute atomic E-state index is 0.334. The lowest BCUT2D eigenvalue weighted by molar-refractivity contribution is 0.1000. The molecule has 1 aromatic carbocycles. The molecule has 0 heterocycles. The summed E-state index contributed by atoms with van der Waals surface area (Å²) in [7, 11) is 0. The third kappa shape index (κ3) is 1.59. The van der Waals surface area contributed by atoms with E-state index in [4.69, 9.17) is 5.73 Å². The highest BCUT2D eigenvalue weighted by molar-refractivity contribution is 5.98. The van der Waals surface area contributed by atoms with E-state index in [1.807, 2.05) is 0 Å². The van der Waals surface area contributed by atoms with Gasteiger partial charge in [-0.25, -0.2) is 4.79 Å². The van der Waals surface area contributed by atoms with Crippen molar-refractivity contribution in [1.29, 1.82) is 0 Å². The number of hydrogen-bond donors (Lipinski definition) is 1. The fourth-order valence-corrected chi connectivity index (χ4v) is 0.911. The number of amides is 1. The van der Waals surface area contributed by atoms with Gasteiger partial charge in [0.1, 0.15) is 5.94 Å². The Balaban J connectivity index is 3.26. The normalized spacial score (nSPS) is 8.67. The van der Waals surface area contributed by atoms with Crippen molar-refractivity contribution in [2.45, 2.75) is 0 Å². The highest BCUT2D eigenvalue weighted by atomic mass is 16.1. The predicted octanol–water partition coefficient (Wildman–Crippen LogP) is 0.630. The highest BCUT2D eigenvalue weighted by Crippen LogP contribution is 2.07. The molecule has 0 bridgehead atoms. The third-order valence-corrected chi connectivity index (χ3v) is 1.44. The summed E-state index contributed by atoms with van der Waals surface area (Å²) in [4.78, 5) is 20.8. The van der Waals surface area contributed by atoms with Crippen molar-refractivity contribution in [3.05, 3.63) is 35.4 Å². The summed E-state index contributed by atoms with van der Waals surface area (Å²) in [5.74, 6) is 1.05. The lowest BCUT2D eigenvalue weighted by atomic mass is 10.1. The second-order valence-electron chi connectivity index (χ2n) is 2.21. The molecule has 0 aliphatic rings. The molecule has 0 saturated carbocycles. The second-order valence-corrected chi connectivity index (χ2v) is 2.21. The molecule has 2 N–H and O–H groups in total. The summed E-state index contributed by atoms with van der Waals surface area (Å²) < 4.78 is 0. The Morgan fingerprint density at radius 2 is 2.08 bits per heavy atom. The SMILES string of the molecule is NC(=O)c1ccccc1C=C=O. The van der Waals surface area contributed by atoms with Crippen molar-refractivity contribution in [3.63, 3.8) is 0 Å². The van der Waals surface area contributed by atoms with Crippen LogP contribution in [0.2, 0.25) is 0 Å². The van der Waals surface area contributed by atoms with Crippen LogP contribution in [0.4, 0.5) is 0 Å². The average Bonchev–Trinajstić information content (AvgIpc) is 2.05. The summed E-state index contributed by atoms with van der Waals surface area (Å²) in [5.41, 5.74) is 5.89. The zero-order valence-electron chi connectivity index (χ0n) is 6.28. The van der Waals surface area contributed by atoms with Crippen LogP contribution >= 0.6 is 0 Å². The quantitative estimate of drug-likeness (QED) is 0.646. The molecule has 0 atom stereocenters. The number of carbonyl (C=O) groups excluding carboxylic acids is 2. The molecule has 1 aromatic rings. The molecule has 3 heteroatoms. The number of primary amides is 1. The fourth-order valence-electron chi connectivity index (χ4n) is 0.911. The van der Waals surface area contributed by atoms with Crippen molar-refractivity contribution in [3.8, 4) is 0 Å². The van der Waals surface area contributed by atoms with Crippen LogP contribution < -0.4 is 5.73 Å². The van der Waals surface area contributed by atoms with Gasteiger partial charge in [0.05, 0.1) is 0 Å². The van der Waals surface area contributed by atoms with Gasteiger partial charge >= 0.3 is 0 Å². The van der Waals surface area contributed by atoms with Gasteiger partial charge in [-0.2, -0.15) is 0 Å². The molecule has 3 nitrogen and oxygen atoms in total. The lowest BCUT2D eigenvalue weighted by Gasteiger charge is -1.97. The minimum atomic E-state index is -0.544. The number of benzene rings is 1. The summed E-state index contributed by atoms with van der Waals surface area (Å²) >= 11 is 0. The van der Waals surface area contributed by atoms with Gasteiger partial charge in [-0.05, 0) is 11.6 Å². The zero-order chi connectivity index (χ0) is 8.97. The molecule has 0 fully saturated rings. The molecule has 0 aliphatic heterocycles. The molecule has 12 heavy (non-hydrogen) atoms. The first-order valence-electron chi connectivity index (χ1n) is 3.35. The van der Waals surface area contributed by atoms with Crippen molar-refractivity contribution >= 4 is 17.9 Å². The molecule has 1 rings (SSSR count). The molecular formula is C9H7NO2. The van der Waals surface area contributed by atoms with E-state index in [9.17, 15) is 9.59 Å². The number of hydrogen-bond acceptors (Lipinski definition) is 2. The number of carbonyl (C=O) groups is 1. The van der Waals surface area contributed by atoms with Gasteiger partial charge in [-0.3, -0.25) is 4.79 Å². The monoisotopic (exact) mass is 161 g/mol. The van der Waals surface area contributed by atoms with E-state index in [-0.39, 0.29) is 0 Å². The van der Waals surface area contributed by atoms with E-state index in [1.54, 1.807) is 30.2 Å². The van der Waals surface area contributed by atoms with Crippen LogP contribution in [0.15, 0.2) is 24.3 Å². The van der Waals surface area contributed by atoms with Gasteiger partial charge in [-0.15, -0.1) is 0 Å². The van der Waals surface area contributed by atoms with Crippen LogP contribution in [-0.2, 0) is 4.79 Å². The smallest absolute Gasteiger partial charge is 0.249 e. The van der Waals surface area contributed by atoms with Crippen molar-refractivity contribution in [1.82, 2.24) is 0 Å². The first-order valence-corrected chi connectivity index (χ1v) is 3.35. The van der Waals surface area contributed by atoms with E-state index in [1.165, 1.54) is 6.08 Å². The molecule has 0 saturated heterocycles. The Labute approximate surface area is 69.5 Å². The largest absolute Gasteiger partial charge is 0.366 e. The van der Waals surface area contributed by atoms with Crippen LogP contribution in [-0.4, -0.2) is 11.8 Å². The van der Waals surface area contributed by atoms with E-state index in [0.29, 0.717) is 11.1 Å². The van der Waals surface area contributed by atoms with Gasteiger partial charge in [0.2, 0.25) is 5.91 Å². The van der Waals surface area contributed by atoms with Crippen LogP contribution in [0, 0.1) is 0 Å². The summed E-state index contributed by atoms with van der Waals surface area (Å²) in [6.45, 7) is 0. The van der Waals surface area contributed by atoms with Crippen LogP contribution in [0.3, 0.4) is 0 Å². The van der Waals surface area contributed by atoms with Gasteiger partial charge in [0.15, 0.2) is 0 Å². The first-order chi connectivity index (χ1) is 5.75. The topological polar surface area (TPSA) is 60.2 Å². The molecule has 1 amide bonds. The molecule has 0 aliphatic carbocycles. The maximum Gasteiger partial charge on any atom is 0.249 e. The standard InChI is InChI=1S/C9H7NO2/c10-9(12)8-4-2-1-3-7(8)5-6-11/h1-5H,(H2,10,12). The first kappa shape index (κ1) is 8.24. The maximum absolute atomic E-state index is 10.8. The number of nitrogens with two attached hydrogens (primary N) is 1. The van der Waals surface area contributed by atoms with Crippen LogP contribution in [0.1, 0.15) is 15.9 Å². The van der Waals surface area contributed by atoms with E-state index in [0.717, 1.165) is 0 Å².